The van der Waals surface area contributed by atoms with Crippen LogP contribution in [0.25, 0.3) is 0 Å². The molecule has 1 amide bonds. The third-order valence-electron chi connectivity index (χ3n) is 4.85. The van der Waals surface area contributed by atoms with E-state index in [-0.39, 0.29) is 5.91 Å². The number of halogens is 1. The molecule has 0 spiro atoms. The summed E-state index contributed by atoms with van der Waals surface area (Å²) in [6.07, 6.45) is 0. The van der Waals surface area contributed by atoms with E-state index in [4.69, 9.17) is 21.1 Å². The fourth-order valence-corrected chi connectivity index (χ4v) is 3.18. The van der Waals surface area contributed by atoms with Crippen molar-refractivity contribution < 1.29 is 14.3 Å². The molecule has 0 saturated heterocycles. The summed E-state index contributed by atoms with van der Waals surface area (Å²) < 4.78 is 11.3. The van der Waals surface area contributed by atoms with Crippen LogP contribution >= 0.6 is 11.6 Å². The van der Waals surface area contributed by atoms with Crippen molar-refractivity contribution in [2.45, 2.75) is 27.4 Å². The van der Waals surface area contributed by atoms with Gasteiger partial charge in [0.25, 0.3) is 5.91 Å². The van der Waals surface area contributed by atoms with Gasteiger partial charge in [-0.1, -0.05) is 53.6 Å². The van der Waals surface area contributed by atoms with Crippen molar-refractivity contribution in [3.05, 3.63) is 87.4 Å². The molecule has 0 aliphatic heterocycles. The molecule has 3 aromatic rings. The number of hydrogen-bond acceptors (Lipinski definition) is 3. The van der Waals surface area contributed by atoms with Crippen LogP contribution in [0.3, 0.4) is 0 Å². The third kappa shape index (κ3) is 4.90. The molecule has 1 N–H and O–H groups in total. The van der Waals surface area contributed by atoms with Gasteiger partial charge < -0.3 is 14.8 Å². The van der Waals surface area contributed by atoms with Crippen molar-refractivity contribution in [3.63, 3.8) is 0 Å². The highest BCUT2D eigenvalue weighted by atomic mass is 35.5. The van der Waals surface area contributed by atoms with Crippen LogP contribution in [-0.4, -0.2) is 13.0 Å². The zero-order chi connectivity index (χ0) is 21.0. The number of carbonyl (C=O) groups excluding carboxylic acids is 1. The Morgan fingerprint density at radius 1 is 1.03 bits per heavy atom. The van der Waals surface area contributed by atoms with E-state index in [1.807, 2.05) is 63.2 Å². The van der Waals surface area contributed by atoms with Gasteiger partial charge in [0.05, 0.1) is 12.1 Å². The third-order valence-corrected chi connectivity index (χ3v) is 5.13. The van der Waals surface area contributed by atoms with Gasteiger partial charge in [0.2, 0.25) is 0 Å². The Bertz CT molecular complexity index is 1030. The lowest BCUT2D eigenvalue weighted by molar-refractivity contribution is 0.102. The highest BCUT2D eigenvalue weighted by Crippen LogP contribution is 2.37. The van der Waals surface area contributed by atoms with E-state index in [0.717, 1.165) is 22.4 Å². The van der Waals surface area contributed by atoms with Gasteiger partial charge in [-0.3, -0.25) is 4.79 Å². The lowest BCUT2D eigenvalue weighted by Crippen LogP contribution is -2.13. The average molecular weight is 410 g/mol. The summed E-state index contributed by atoms with van der Waals surface area (Å²) in [7, 11) is 1.52. The number of ether oxygens (including phenoxy) is 2. The monoisotopic (exact) mass is 409 g/mol. The molecule has 29 heavy (non-hydrogen) atoms. The molecular formula is C24H24ClNO3. The molecule has 0 atom stereocenters. The van der Waals surface area contributed by atoms with Gasteiger partial charge in [-0.15, -0.1) is 0 Å². The summed E-state index contributed by atoms with van der Waals surface area (Å²) in [6.45, 7) is 6.36. The van der Waals surface area contributed by atoms with E-state index < -0.39 is 0 Å². The van der Waals surface area contributed by atoms with E-state index in [0.29, 0.717) is 28.7 Å². The highest BCUT2D eigenvalue weighted by Gasteiger charge is 2.17. The van der Waals surface area contributed by atoms with Gasteiger partial charge >= 0.3 is 0 Å². The van der Waals surface area contributed by atoms with E-state index >= 15 is 0 Å². The predicted molar refractivity (Wildman–Crippen MR) is 117 cm³/mol. The van der Waals surface area contributed by atoms with Gasteiger partial charge in [-0.25, -0.2) is 0 Å². The molecule has 3 rings (SSSR count). The number of amides is 1. The predicted octanol–water partition coefficient (Wildman–Crippen LogP) is 6.11. The number of hydrogen-bond donors (Lipinski definition) is 1. The number of anilines is 1. The average Bonchev–Trinajstić information content (AvgIpc) is 2.71. The lowest BCUT2D eigenvalue weighted by atomic mass is 10.1. The summed E-state index contributed by atoms with van der Waals surface area (Å²) in [4.78, 5) is 12.8. The van der Waals surface area contributed by atoms with Crippen LogP contribution in [0.5, 0.6) is 11.5 Å². The molecule has 4 nitrogen and oxygen atoms in total. The minimum atomic E-state index is -0.260. The van der Waals surface area contributed by atoms with Crippen molar-refractivity contribution in [2.24, 2.45) is 0 Å². The van der Waals surface area contributed by atoms with E-state index in [1.54, 1.807) is 12.1 Å². The van der Waals surface area contributed by atoms with Crippen molar-refractivity contribution >= 4 is 23.2 Å². The van der Waals surface area contributed by atoms with Crippen molar-refractivity contribution in [1.29, 1.82) is 0 Å². The summed E-state index contributed by atoms with van der Waals surface area (Å²) in [6, 6.07) is 17.1. The second-order valence-electron chi connectivity index (χ2n) is 6.97. The normalized spacial score (nSPS) is 10.5. The van der Waals surface area contributed by atoms with E-state index in [2.05, 4.69) is 5.32 Å². The van der Waals surface area contributed by atoms with Crippen LogP contribution in [0, 0.1) is 20.8 Å². The smallest absolute Gasteiger partial charge is 0.255 e. The zero-order valence-electron chi connectivity index (χ0n) is 17.0. The topological polar surface area (TPSA) is 47.6 Å². The Kier molecular flexibility index (Phi) is 6.45. The molecule has 0 aliphatic carbocycles. The number of nitrogens with one attached hydrogen (secondary N) is 1. The maximum absolute atomic E-state index is 12.8. The first-order chi connectivity index (χ1) is 13.9. The Hall–Kier alpha value is -2.98. The number of carbonyl (C=O) groups is 1. The first-order valence-corrected chi connectivity index (χ1v) is 9.70. The lowest BCUT2D eigenvalue weighted by Gasteiger charge is -2.15. The summed E-state index contributed by atoms with van der Waals surface area (Å²) in [5, 5.41) is 3.26. The van der Waals surface area contributed by atoms with Gasteiger partial charge in [0.1, 0.15) is 6.61 Å². The summed E-state index contributed by atoms with van der Waals surface area (Å²) in [5.74, 6) is 0.567. The molecule has 5 heteroatoms. The maximum Gasteiger partial charge on any atom is 0.255 e. The molecule has 0 aromatic heterocycles. The Labute approximate surface area is 176 Å². The largest absolute Gasteiger partial charge is 0.493 e. The molecule has 0 heterocycles. The van der Waals surface area contributed by atoms with Crippen LogP contribution in [0.4, 0.5) is 5.69 Å². The second-order valence-corrected chi connectivity index (χ2v) is 7.37. The van der Waals surface area contributed by atoms with Crippen LogP contribution < -0.4 is 14.8 Å². The fourth-order valence-electron chi connectivity index (χ4n) is 2.91. The zero-order valence-corrected chi connectivity index (χ0v) is 17.8. The van der Waals surface area contributed by atoms with Crippen molar-refractivity contribution in [1.82, 2.24) is 0 Å². The number of aryl methyl sites for hydroxylation is 2. The Morgan fingerprint density at radius 2 is 1.76 bits per heavy atom. The second kappa shape index (κ2) is 9.01. The van der Waals surface area contributed by atoms with Crippen molar-refractivity contribution in [2.75, 3.05) is 12.4 Å². The minimum absolute atomic E-state index is 0.260. The van der Waals surface area contributed by atoms with Gasteiger partial charge in [-0.05, 0) is 55.7 Å². The standard InChI is InChI=1S/C24H24ClNO3/c1-15-8-10-18(11-9-15)14-29-23-20(25)12-19(13-22(23)28-4)24(27)26-21-7-5-6-16(2)17(21)3/h5-13H,14H2,1-4H3,(H,26,27). The summed E-state index contributed by atoms with van der Waals surface area (Å²) >= 11 is 6.42. The maximum atomic E-state index is 12.8. The van der Waals surface area contributed by atoms with Crippen LogP contribution in [0.2, 0.25) is 5.02 Å². The molecule has 3 aromatic carbocycles. The Morgan fingerprint density at radius 3 is 2.45 bits per heavy atom. The molecule has 0 unspecified atom stereocenters. The molecule has 0 saturated carbocycles. The van der Waals surface area contributed by atoms with E-state index in [1.165, 1.54) is 12.7 Å². The van der Waals surface area contributed by atoms with E-state index in [9.17, 15) is 4.79 Å². The molecule has 0 bridgehead atoms. The number of rotatable bonds is 6. The molecule has 0 aliphatic rings. The van der Waals surface area contributed by atoms with Crippen LogP contribution in [0.15, 0.2) is 54.6 Å². The first kappa shape index (κ1) is 20.7. The molecular weight excluding hydrogens is 386 g/mol. The summed E-state index contributed by atoms with van der Waals surface area (Å²) in [5.41, 5.74) is 5.50. The molecule has 0 fully saturated rings. The van der Waals surface area contributed by atoms with Gasteiger partial charge in [-0.2, -0.15) is 0 Å². The fraction of sp³-hybridized carbons (Fsp3) is 0.208. The first-order valence-electron chi connectivity index (χ1n) is 9.32. The Balaban J connectivity index is 1.80. The molecule has 0 radical (unpaired) electrons. The quantitative estimate of drug-likeness (QED) is 0.534. The van der Waals surface area contributed by atoms with Crippen molar-refractivity contribution in [3.8, 4) is 11.5 Å². The minimum Gasteiger partial charge on any atom is -0.493 e. The number of methoxy groups -OCH3 is 1. The number of benzene rings is 3. The highest BCUT2D eigenvalue weighted by molar-refractivity contribution is 6.32. The van der Waals surface area contributed by atoms with Crippen LogP contribution in [0.1, 0.15) is 32.6 Å². The van der Waals surface area contributed by atoms with Gasteiger partial charge in [0, 0.05) is 11.3 Å². The van der Waals surface area contributed by atoms with Crippen LogP contribution in [-0.2, 0) is 6.61 Å². The SMILES string of the molecule is COc1cc(C(=O)Nc2cccc(C)c2C)cc(Cl)c1OCc1ccc(C)cc1. The molecule has 150 valence electrons. The van der Waals surface area contributed by atoms with Gasteiger partial charge in [0.15, 0.2) is 11.5 Å².